The molecule has 0 bridgehead atoms. The molecule has 1 rings (SSSR count). The molecule has 0 atom stereocenters. The van der Waals surface area contributed by atoms with Crippen LogP contribution in [0.15, 0.2) is 0 Å². The fourth-order valence-corrected chi connectivity index (χ4v) is 1.50. The summed E-state index contributed by atoms with van der Waals surface area (Å²) in [6, 6.07) is 0. The number of carboxylic acid groups (broad SMARTS) is 1. The van der Waals surface area contributed by atoms with Crippen LogP contribution in [0.25, 0.3) is 0 Å². The van der Waals surface area contributed by atoms with Crippen molar-refractivity contribution in [3.63, 3.8) is 0 Å². The number of anilines is 1. The molecular weight excluding hydrogens is 194 g/mol. The average molecular weight is 211 g/mol. The van der Waals surface area contributed by atoms with Gasteiger partial charge < -0.3 is 10.8 Å². The van der Waals surface area contributed by atoms with Gasteiger partial charge in [-0.1, -0.05) is 6.92 Å². The van der Waals surface area contributed by atoms with Gasteiger partial charge in [0.05, 0.1) is 5.54 Å². The highest BCUT2D eigenvalue weighted by Gasteiger charge is 2.25. The second kappa shape index (κ2) is 3.56. The van der Waals surface area contributed by atoms with Gasteiger partial charge in [0.2, 0.25) is 0 Å². The number of hydrogen-bond acceptors (Lipinski definition) is 3. The van der Waals surface area contributed by atoms with E-state index in [0.717, 1.165) is 0 Å². The lowest BCUT2D eigenvalue weighted by atomic mass is 10.1. The van der Waals surface area contributed by atoms with Crippen LogP contribution < -0.4 is 5.73 Å². The van der Waals surface area contributed by atoms with E-state index < -0.39 is 5.97 Å². The summed E-state index contributed by atoms with van der Waals surface area (Å²) in [5.41, 5.74) is 6.24. The highest BCUT2D eigenvalue weighted by atomic mass is 16.4. The van der Waals surface area contributed by atoms with Crippen molar-refractivity contribution >= 4 is 11.8 Å². The minimum Gasteiger partial charge on any atom is -0.476 e. The van der Waals surface area contributed by atoms with Crippen LogP contribution in [0, 0.1) is 0 Å². The Morgan fingerprint density at radius 1 is 1.53 bits per heavy atom. The lowest BCUT2D eigenvalue weighted by Crippen LogP contribution is -2.25. The SMILES string of the molecule is CCc1c(C(=O)O)nn(C(C)(C)C)c1N. The summed E-state index contributed by atoms with van der Waals surface area (Å²) in [6.45, 7) is 7.66. The van der Waals surface area contributed by atoms with Crippen molar-refractivity contribution in [1.82, 2.24) is 9.78 Å². The van der Waals surface area contributed by atoms with Crippen LogP contribution in [-0.4, -0.2) is 20.9 Å². The molecule has 0 unspecified atom stereocenters. The molecule has 1 aromatic rings. The predicted octanol–water partition coefficient (Wildman–Crippen LogP) is 1.48. The zero-order valence-electron chi connectivity index (χ0n) is 9.53. The van der Waals surface area contributed by atoms with Crippen molar-refractivity contribution in [3.8, 4) is 0 Å². The van der Waals surface area contributed by atoms with E-state index in [1.807, 2.05) is 27.7 Å². The molecule has 0 spiro atoms. The van der Waals surface area contributed by atoms with Crippen molar-refractivity contribution < 1.29 is 9.90 Å². The molecule has 3 N–H and O–H groups in total. The summed E-state index contributed by atoms with van der Waals surface area (Å²) in [5, 5.41) is 13.0. The van der Waals surface area contributed by atoms with Gasteiger partial charge in [0.15, 0.2) is 5.69 Å². The maximum Gasteiger partial charge on any atom is 0.356 e. The van der Waals surface area contributed by atoms with E-state index in [4.69, 9.17) is 10.8 Å². The highest BCUT2D eigenvalue weighted by molar-refractivity contribution is 5.88. The monoisotopic (exact) mass is 211 g/mol. The van der Waals surface area contributed by atoms with Crippen LogP contribution in [0.3, 0.4) is 0 Å². The van der Waals surface area contributed by atoms with Crippen molar-refractivity contribution in [1.29, 1.82) is 0 Å². The van der Waals surface area contributed by atoms with E-state index >= 15 is 0 Å². The van der Waals surface area contributed by atoms with Crippen LogP contribution in [0.1, 0.15) is 43.7 Å². The number of nitrogen functional groups attached to an aromatic ring is 1. The first-order chi connectivity index (χ1) is 6.79. The van der Waals surface area contributed by atoms with Crippen molar-refractivity contribution in [3.05, 3.63) is 11.3 Å². The number of aromatic carboxylic acids is 1. The second-order valence-corrected chi connectivity index (χ2v) is 4.45. The number of hydrogen-bond donors (Lipinski definition) is 2. The fraction of sp³-hybridized carbons (Fsp3) is 0.600. The molecule has 0 aliphatic heterocycles. The van der Waals surface area contributed by atoms with E-state index in [1.165, 1.54) is 0 Å². The Kier molecular flexibility index (Phi) is 2.75. The minimum atomic E-state index is -1.03. The first-order valence-electron chi connectivity index (χ1n) is 4.90. The largest absolute Gasteiger partial charge is 0.476 e. The van der Waals surface area contributed by atoms with Gasteiger partial charge in [-0.15, -0.1) is 0 Å². The van der Waals surface area contributed by atoms with Crippen LogP contribution in [0.5, 0.6) is 0 Å². The Morgan fingerprint density at radius 2 is 2.07 bits per heavy atom. The number of carboxylic acids is 1. The smallest absolute Gasteiger partial charge is 0.356 e. The molecular formula is C10H17N3O2. The molecule has 0 aliphatic rings. The minimum absolute atomic E-state index is 0.0601. The first-order valence-corrected chi connectivity index (χ1v) is 4.90. The zero-order valence-corrected chi connectivity index (χ0v) is 9.53. The van der Waals surface area contributed by atoms with Gasteiger partial charge in [-0.25, -0.2) is 9.48 Å². The van der Waals surface area contributed by atoms with Crippen LogP contribution in [-0.2, 0) is 12.0 Å². The summed E-state index contributed by atoms with van der Waals surface area (Å²) in [5.74, 6) is -0.580. The summed E-state index contributed by atoms with van der Waals surface area (Å²) < 4.78 is 1.56. The van der Waals surface area contributed by atoms with E-state index in [9.17, 15) is 4.79 Å². The molecule has 84 valence electrons. The highest BCUT2D eigenvalue weighted by Crippen LogP contribution is 2.24. The van der Waals surface area contributed by atoms with Gasteiger partial charge in [-0.2, -0.15) is 5.10 Å². The van der Waals surface area contributed by atoms with Gasteiger partial charge >= 0.3 is 5.97 Å². The van der Waals surface area contributed by atoms with Gasteiger partial charge in [-0.3, -0.25) is 0 Å². The Bertz CT molecular complexity index is 388. The van der Waals surface area contributed by atoms with Gasteiger partial charge in [0.1, 0.15) is 5.82 Å². The molecule has 5 heteroatoms. The molecule has 0 radical (unpaired) electrons. The number of nitrogens with zero attached hydrogens (tertiary/aromatic N) is 2. The van der Waals surface area contributed by atoms with Gasteiger partial charge in [-0.05, 0) is 27.2 Å². The standard InChI is InChI=1S/C10H17N3O2/c1-5-6-7(9(14)15)12-13(8(6)11)10(2,3)4/h5,11H2,1-4H3,(H,14,15). The van der Waals surface area contributed by atoms with Crippen molar-refractivity contribution in [2.45, 2.75) is 39.7 Å². The molecule has 0 saturated carbocycles. The van der Waals surface area contributed by atoms with E-state index in [1.54, 1.807) is 4.68 Å². The molecule has 15 heavy (non-hydrogen) atoms. The van der Waals surface area contributed by atoms with E-state index in [0.29, 0.717) is 17.8 Å². The summed E-state index contributed by atoms with van der Waals surface area (Å²) >= 11 is 0. The third-order valence-corrected chi connectivity index (χ3v) is 2.21. The normalized spacial score (nSPS) is 11.7. The molecule has 1 aromatic heterocycles. The first kappa shape index (κ1) is 11.6. The van der Waals surface area contributed by atoms with Crippen LogP contribution in [0.2, 0.25) is 0 Å². The number of rotatable bonds is 2. The molecule has 5 nitrogen and oxygen atoms in total. The Balaban J connectivity index is 3.40. The second-order valence-electron chi connectivity index (χ2n) is 4.45. The van der Waals surface area contributed by atoms with Crippen LogP contribution >= 0.6 is 0 Å². The Morgan fingerprint density at radius 3 is 2.33 bits per heavy atom. The third kappa shape index (κ3) is 1.95. The summed E-state index contributed by atoms with van der Waals surface area (Å²) in [4.78, 5) is 10.9. The quantitative estimate of drug-likeness (QED) is 0.776. The Hall–Kier alpha value is -1.52. The topological polar surface area (TPSA) is 81.1 Å². The number of nitrogens with two attached hydrogens (primary N) is 1. The predicted molar refractivity (Wildman–Crippen MR) is 58.0 cm³/mol. The van der Waals surface area contributed by atoms with Gasteiger partial charge in [0.25, 0.3) is 0 Å². The van der Waals surface area contributed by atoms with Gasteiger partial charge in [0, 0.05) is 5.56 Å². The zero-order chi connectivity index (χ0) is 11.8. The Labute approximate surface area is 88.9 Å². The lowest BCUT2D eigenvalue weighted by molar-refractivity contribution is 0.0687. The molecule has 0 aromatic carbocycles. The average Bonchev–Trinajstić information content (AvgIpc) is 2.41. The maximum absolute atomic E-state index is 10.9. The van der Waals surface area contributed by atoms with E-state index in [2.05, 4.69) is 5.10 Å². The molecule has 0 saturated heterocycles. The lowest BCUT2D eigenvalue weighted by Gasteiger charge is -2.20. The number of aromatic nitrogens is 2. The number of carbonyl (C=O) groups is 1. The van der Waals surface area contributed by atoms with Crippen molar-refractivity contribution in [2.24, 2.45) is 0 Å². The maximum atomic E-state index is 10.9. The summed E-state index contributed by atoms with van der Waals surface area (Å²) in [7, 11) is 0. The molecule has 1 heterocycles. The molecule has 0 amide bonds. The summed E-state index contributed by atoms with van der Waals surface area (Å²) in [6.07, 6.45) is 0.573. The molecule has 0 aliphatic carbocycles. The van der Waals surface area contributed by atoms with Crippen molar-refractivity contribution in [2.75, 3.05) is 5.73 Å². The third-order valence-electron chi connectivity index (χ3n) is 2.21. The van der Waals surface area contributed by atoms with E-state index in [-0.39, 0.29) is 11.2 Å². The fourth-order valence-electron chi connectivity index (χ4n) is 1.50. The van der Waals surface area contributed by atoms with Crippen LogP contribution in [0.4, 0.5) is 5.82 Å². The molecule has 0 fully saturated rings.